The van der Waals surface area contributed by atoms with Crippen molar-refractivity contribution >= 4 is 17.7 Å². The van der Waals surface area contributed by atoms with Crippen LogP contribution in [0.5, 0.6) is 5.88 Å². The minimum atomic E-state index is 0.429. The van der Waals surface area contributed by atoms with Gasteiger partial charge in [-0.05, 0) is 18.6 Å². The van der Waals surface area contributed by atoms with Gasteiger partial charge in [-0.1, -0.05) is 42.0 Å². The Morgan fingerprint density at radius 1 is 1.19 bits per heavy atom. The molecule has 0 unspecified atom stereocenters. The maximum atomic E-state index is 6.92. The Balaban J connectivity index is 0.000000336. The lowest BCUT2D eigenvalue weighted by Gasteiger charge is -2.29. The van der Waals surface area contributed by atoms with Crippen LogP contribution in [0.3, 0.4) is 0 Å². The number of pyridine rings is 1. The topological polar surface area (TPSA) is 121 Å². The average Bonchev–Trinajstić information content (AvgIpc) is 2.81. The molecule has 1 aromatic carbocycles. The van der Waals surface area contributed by atoms with E-state index in [2.05, 4.69) is 15.6 Å². The first-order chi connectivity index (χ1) is 15.6. The first-order valence-corrected chi connectivity index (χ1v) is 10.6. The van der Waals surface area contributed by atoms with Gasteiger partial charge in [0.05, 0.1) is 32.6 Å². The van der Waals surface area contributed by atoms with Gasteiger partial charge in [-0.3, -0.25) is 0 Å². The molecule has 0 saturated carbocycles. The summed E-state index contributed by atoms with van der Waals surface area (Å²) < 4.78 is 16.4. The van der Waals surface area contributed by atoms with Crippen LogP contribution < -0.4 is 21.1 Å². The molecule has 3 rings (SSSR count). The van der Waals surface area contributed by atoms with Crippen molar-refractivity contribution in [3.63, 3.8) is 0 Å². The Labute approximate surface area is 190 Å². The van der Waals surface area contributed by atoms with Crippen LogP contribution in [0.4, 0.5) is 11.5 Å². The van der Waals surface area contributed by atoms with Gasteiger partial charge < -0.3 is 36.0 Å². The Kier molecular flexibility index (Phi) is 11.5. The number of anilines is 2. The van der Waals surface area contributed by atoms with Crippen molar-refractivity contribution in [3.05, 3.63) is 72.0 Å². The van der Waals surface area contributed by atoms with Gasteiger partial charge in [0.1, 0.15) is 12.4 Å². The Hall–Kier alpha value is -3.20. The number of hydrogen-bond donors (Lipinski definition) is 3. The maximum absolute atomic E-state index is 6.92. The number of quaternary nitrogens is 1. The zero-order valence-electron chi connectivity index (χ0n) is 18.7. The van der Waals surface area contributed by atoms with Gasteiger partial charge in [0.15, 0.2) is 0 Å². The molecular formula is C24H34N5O3+. The highest BCUT2D eigenvalue weighted by atomic mass is 16.5. The predicted molar refractivity (Wildman–Crippen MR) is 128 cm³/mol. The molecule has 1 fully saturated rings. The van der Waals surface area contributed by atoms with Crippen molar-refractivity contribution < 1.29 is 19.9 Å². The quantitative estimate of drug-likeness (QED) is 0.312. The molecule has 172 valence electrons. The second-order valence-corrected chi connectivity index (χ2v) is 7.03. The molecule has 8 heteroatoms. The Morgan fingerprint density at radius 2 is 2.00 bits per heavy atom. The molecule has 1 aliphatic rings. The summed E-state index contributed by atoms with van der Waals surface area (Å²) in [6, 6.07) is 11.6. The van der Waals surface area contributed by atoms with Crippen molar-refractivity contribution in [2.75, 3.05) is 56.8 Å². The molecular weight excluding hydrogens is 406 g/mol. The molecule has 0 atom stereocenters. The monoisotopic (exact) mass is 440 g/mol. The van der Waals surface area contributed by atoms with Gasteiger partial charge in [-0.25, -0.2) is 0 Å². The fourth-order valence-electron chi connectivity index (χ4n) is 2.92. The molecule has 6 N–H and O–H groups in total. The number of rotatable bonds is 9. The van der Waals surface area contributed by atoms with E-state index in [4.69, 9.17) is 25.4 Å². The van der Waals surface area contributed by atoms with Crippen LogP contribution >= 0.6 is 0 Å². The SMILES string of the molecule is Cc1cccc(C=N)c1.Nc1cc(N2CCOCC2)cc(OCCOC/C=C\C=C/[NH3+])n1. The summed E-state index contributed by atoms with van der Waals surface area (Å²) in [4.78, 5) is 6.41. The molecule has 0 aliphatic carbocycles. The average molecular weight is 441 g/mol. The molecule has 2 heterocycles. The highest BCUT2D eigenvalue weighted by Gasteiger charge is 2.13. The number of aryl methyl sites for hydroxylation is 1. The normalized spacial score (nSPS) is 13.8. The van der Waals surface area contributed by atoms with Gasteiger partial charge in [0, 0.05) is 37.1 Å². The fraction of sp³-hybridized carbons (Fsp3) is 0.333. The summed E-state index contributed by atoms with van der Waals surface area (Å²) in [6.45, 7) is 6.62. The molecule has 1 aromatic heterocycles. The van der Waals surface area contributed by atoms with Crippen LogP contribution in [-0.4, -0.2) is 57.3 Å². The Morgan fingerprint density at radius 3 is 2.69 bits per heavy atom. The van der Waals surface area contributed by atoms with Gasteiger partial charge in [0.2, 0.25) is 5.88 Å². The van der Waals surface area contributed by atoms with E-state index in [0.29, 0.717) is 31.5 Å². The number of nitrogens with zero attached hydrogens (tertiary/aromatic N) is 2. The largest absolute Gasteiger partial charge is 0.475 e. The third-order valence-electron chi connectivity index (χ3n) is 4.47. The van der Waals surface area contributed by atoms with E-state index >= 15 is 0 Å². The summed E-state index contributed by atoms with van der Waals surface area (Å²) in [5, 5.41) is 6.92. The summed E-state index contributed by atoms with van der Waals surface area (Å²) in [5.74, 6) is 0.971. The minimum Gasteiger partial charge on any atom is -0.475 e. The number of ether oxygens (including phenoxy) is 3. The van der Waals surface area contributed by atoms with E-state index in [0.717, 1.165) is 37.6 Å². The predicted octanol–water partition coefficient (Wildman–Crippen LogP) is 2.20. The number of nitrogens with two attached hydrogens (primary N) is 1. The molecule has 0 amide bonds. The van der Waals surface area contributed by atoms with Gasteiger partial charge in [-0.2, -0.15) is 4.98 Å². The van der Waals surface area contributed by atoms with Crippen LogP contribution in [-0.2, 0) is 9.47 Å². The van der Waals surface area contributed by atoms with E-state index in [1.54, 1.807) is 6.20 Å². The molecule has 0 spiro atoms. The van der Waals surface area contributed by atoms with E-state index in [1.165, 1.54) is 11.8 Å². The van der Waals surface area contributed by atoms with Crippen molar-refractivity contribution in [2.45, 2.75) is 6.92 Å². The molecule has 1 aliphatic heterocycles. The second kappa shape index (κ2) is 14.7. The van der Waals surface area contributed by atoms with Crippen LogP contribution in [0.2, 0.25) is 0 Å². The van der Waals surface area contributed by atoms with Crippen molar-refractivity contribution in [3.8, 4) is 5.88 Å². The van der Waals surface area contributed by atoms with Crippen LogP contribution in [0, 0.1) is 12.3 Å². The van der Waals surface area contributed by atoms with Gasteiger partial charge >= 0.3 is 0 Å². The van der Waals surface area contributed by atoms with Crippen molar-refractivity contribution in [2.24, 2.45) is 0 Å². The lowest BCUT2D eigenvalue weighted by Crippen LogP contribution is -2.38. The number of nitrogen functional groups attached to an aromatic ring is 1. The third-order valence-corrected chi connectivity index (χ3v) is 4.47. The zero-order valence-corrected chi connectivity index (χ0v) is 18.7. The summed E-state index contributed by atoms with van der Waals surface area (Å²) >= 11 is 0. The number of benzene rings is 1. The minimum absolute atomic E-state index is 0.429. The van der Waals surface area contributed by atoms with Crippen molar-refractivity contribution in [1.82, 2.24) is 4.98 Å². The maximum Gasteiger partial charge on any atom is 0.217 e. The number of morpholine rings is 1. The lowest BCUT2D eigenvalue weighted by molar-refractivity contribution is -0.274. The highest BCUT2D eigenvalue weighted by molar-refractivity contribution is 5.76. The van der Waals surface area contributed by atoms with E-state index in [-0.39, 0.29) is 0 Å². The standard InChI is InChI=1S/C16H24N4O3.C8H9N/c17-4-2-1-3-7-21-10-11-23-16-13-14(12-15(18)19-16)20-5-8-22-9-6-20;1-7-3-2-4-8(5-7)6-9/h1-4,12-13H,5-11,17H2,(H2,18,19);2-6,9H,1H3/p+1/b3-1-,4-2-;. The molecule has 1 saturated heterocycles. The number of hydrogen-bond acceptors (Lipinski definition) is 7. The molecule has 8 nitrogen and oxygen atoms in total. The van der Waals surface area contributed by atoms with E-state index < -0.39 is 0 Å². The van der Waals surface area contributed by atoms with Crippen LogP contribution in [0.15, 0.2) is 60.8 Å². The summed E-state index contributed by atoms with van der Waals surface area (Å²) in [5.41, 5.74) is 12.6. The summed E-state index contributed by atoms with van der Waals surface area (Å²) in [7, 11) is 0. The van der Waals surface area contributed by atoms with Crippen LogP contribution in [0.25, 0.3) is 0 Å². The van der Waals surface area contributed by atoms with Crippen LogP contribution in [0.1, 0.15) is 11.1 Å². The van der Waals surface area contributed by atoms with E-state index in [9.17, 15) is 0 Å². The molecule has 0 bridgehead atoms. The summed E-state index contributed by atoms with van der Waals surface area (Å²) in [6.07, 6.45) is 8.73. The number of aromatic nitrogens is 1. The molecule has 0 radical (unpaired) electrons. The fourth-order valence-corrected chi connectivity index (χ4v) is 2.92. The first-order valence-electron chi connectivity index (χ1n) is 10.6. The number of nitrogens with one attached hydrogen (secondary N) is 1. The molecule has 2 aromatic rings. The van der Waals surface area contributed by atoms with Gasteiger partial charge in [-0.15, -0.1) is 0 Å². The third kappa shape index (κ3) is 9.74. The number of allylic oxidation sites excluding steroid dienone is 2. The van der Waals surface area contributed by atoms with Gasteiger partial charge in [0.25, 0.3) is 0 Å². The molecule has 32 heavy (non-hydrogen) atoms. The second-order valence-electron chi connectivity index (χ2n) is 7.03. The van der Waals surface area contributed by atoms with Crippen molar-refractivity contribution in [1.29, 1.82) is 5.41 Å². The smallest absolute Gasteiger partial charge is 0.217 e. The lowest BCUT2D eigenvalue weighted by atomic mass is 10.2. The zero-order chi connectivity index (χ0) is 23.0. The highest BCUT2D eigenvalue weighted by Crippen LogP contribution is 2.23. The van der Waals surface area contributed by atoms with E-state index in [1.807, 2.05) is 61.5 Å². The first kappa shape index (κ1) is 25.1. The Bertz CT molecular complexity index is 880.